The van der Waals surface area contributed by atoms with Gasteiger partial charge in [0, 0.05) is 6.54 Å². The van der Waals surface area contributed by atoms with Crippen molar-refractivity contribution in [1.29, 1.82) is 0 Å². The smallest absolute Gasteiger partial charge is 0.234 e. The van der Waals surface area contributed by atoms with Crippen LogP contribution in [0.2, 0.25) is 0 Å². The predicted molar refractivity (Wildman–Crippen MR) is 68.3 cm³/mol. The van der Waals surface area contributed by atoms with Gasteiger partial charge in [0.05, 0.1) is 12.4 Å². The average molecular weight is 235 g/mol. The number of aromatic nitrogens is 2. The van der Waals surface area contributed by atoms with Crippen molar-refractivity contribution in [3.63, 3.8) is 0 Å². The minimum Gasteiger partial charge on any atom is -0.473 e. The highest BCUT2D eigenvalue weighted by atomic mass is 16.5. The minimum atomic E-state index is 0.323. The summed E-state index contributed by atoms with van der Waals surface area (Å²) in [5.41, 5.74) is 0. The van der Waals surface area contributed by atoms with Crippen molar-refractivity contribution in [1.82, 2.24) is 9.97 Å². The van der Waals surface area contributed by atoms with Crippen LogP contribution < -0.4 is 10.1 Å². The van der Waals surface area contributed by atoms with E-state index in [1.165, 1.54) is 25.7 Å². The highest BCUT2D eigenvalue weighted by Gasteiger charge is 2.14. The maximum Gasteiger partial charge on any atom is 0.234 e. The first-order valence-corrected chi connectivity index (χ1v) is 6.61. The normalized spacial score (nSPS) is 17.5. The molecule has 1 aromatic rings. The lowest BCUT2D eigenvalue weighted by atomic mass is 10.1. The van der Waals surface area contributed by atoms with Crippen molar-refractivity contribution in [2.45, 2.75) is 51.6 Å². The highest BCUT2D eigenvalue weighted by molar-refractivity contribution is 5.32. The summed E-state index contributed by atoms with van der Waals surface area (Å²) in [5.74, 6) is 1.44. The van der Waals surface area contributed by atoms with Crippen LogP contribution in [0.25, 0.3) is 0 Å². The second-order valence-corrected chi connectivity index (χ2v) is 4.50. The Labute approximate surface area is 103 Å². The van der Waals surface area contributed by atoms with E-state index in [9.17, 15) is 0 Å². The molecule has 0 saturated heterocycles. The summed E-state index contributed by atoms with van der Waals surface area (Å²) in [6.45, 7) is 2.89. The van der Waals surface area contributed by atoms with Crippen molar-refractivity contribution in [3.05, 3.63) is 12.4 Å². The molecule has 4 heteroatoms. The Bertz CT molecular complexity index is 335. The first kappa shape index (κ1) is 12.1. The van der Waals surface area contributed by atoms with Gasteiger partial charge in [-0.3, -0.25) is 4.98 Å². The molecule has 0 unspecified atom stereocenters. The maximum absolute atomic E-state index is 5.91. The number of nitrogens with zero attached hydrogens (tertiary/aromatic N) is 2. The summed E-state index contributed by atoms with van der Waals surface area (Å²) in [6, 6.07) is 0. The van der Waals surface area contributed by atoms with Crippen LogP contribution in [0, 0.1) is 0 Å². The quantitative estimate of drug-likeness (QED) is 0.815. The van der Waals surface area contributed by atoms with Gasteiger partial charge in [-0.25, -0.2) is 0 Å². The molecule has 2 rings (SSSR count). The molecule has 1 heterocycles. The van der Waals surface area contributed by atoms with Gasteiger partial charge in [-0.2, -0.15) is 4.98 Å². The second kappa shape index (κ2) is 6.42. The van der Waals surface area contributed by atoms with E-state index in [0.717, 1.165) is 25.2 Å². The molecule has 0 aromatic carbocycles. The van der Waals surface area contributed by atoms with E-state index in [4.69, 9.17) is 4.74 Å². The number of hydrogen-bond acceptors (Lipinski definition) is 4. The van der Waals surface area contributed by atoms with Crippen molar-refractivity contribution < 1.29 is 4.74 Å². The van der Waals surface area contributed by atoms with Crippen LogP contribution in [-0.2, 0) is 0 Å². The van der Waals surface area contributed by atoms with Gasteiger partial charge in [0.25, 0.3) is 0 Å². The van der Waals surface area contributed by atoms with E-state index in [1.807, 2.05) is 6.92 Å². The number of anilines is 1. The van der Waals surface area contributed by atoms with E-state index in [2.05, 4.69) is 15.3 Å². The molecule has 0 atom stereocenters. The molecule has 94 valence electrons. The molecule has 1 aromatic heterocycles. The second-order valence-electron chi connectivity index (χ2n) is 4.50. The molecule has 1 saturated carbocycles. The molecule has 0 bridgehead atoms. The fraction of sp³-hybridized carbons (Fsp3) is 0.692. The summed E-state index contributed by atoms with van der Waals surface area (Å²) in [5, 5.41) is 3.14. The number of rotatable bonds is 4. The fourth-order valence-corrected chi connectivity index (χ4v) is 2.20. The van der Waals surface area contributed by atoms with Gasteiger partial charge in [-0.15, -0.1) is 0 Å². The lowest BCUT2D eigenvalue weighted by molar-refractivity contribution is 0.175. The topological polar surface area (TPSA) is 47.0 Å². The maximum atomic E-state index is 5.91. The third-order valence-corrected chi connectivity index (χ3v) is 3.06. The summed E-state index contributed by atoms with van der Waals surface area (Å²) < 4.78 is 5.91. The summed E-state index contributed by atoms with van der Waals surface area (Å²) in [7, 11) is 0. The molecular formula is C13H21N3O. The Morgan fingerprint density at radius 3 is 2.71 bits per heavy atom. The number of nitrogens with one attached hydrogen (secondary N) is 1. The number of ether oxygens (including phenoxy) is 1. The summed E-state index contributed by atoms with van der Waals surface area (Å²) in [6.07, 6.45) is 11.3. The van der Waals surface area contributed by atoms with Crippen molar-refractivity contribution in [2.24, 2.45) is 0 Å². The van der Waals surface area contributed by atoms with Gasteiger partial charge in [0.15, 0.2) is 0 Å². The van der Waals surface area contributed by atoms with Gasteiger partial charge in [-0.1, -0.05) is 12.8 Å². The Hall–Kier alpha value is -1.32. The van der Waals surface area contributed by atoms with Crippen LogP contribution >= 0.6 is 0 Å². The monoisotopic (exact) mass is 235 g/mol. The van der Waals surface area contributed by atoms with Crippen LogP contribution in [0.1, 0.15) is 45.4 Å². The largest absolute Gasteiger partial charge is 0.473 e. The zero-order chi connectivity index (χ0) is 11.9. The standard InChI is InChI=1S/C13H21N3O/c1-2-15-12-9-14-10-13(16-12)17-11-7-5-3-4-6-8-11/h9-11H,2-8H2,1H3,(H,15,16). The molecule has 1 fully saturated rings. The Kier molecular flexibility index (Phi) is 4.59. The molecular weight excluding hydrogens is 214 g/mol. The van der Waals surface area contributed by atoms with Crippen LogP contribution in [0.5, 0.6) is 5.88 Å². The van der Waals surface area contributed by atoms with Gasteiger partial charge in [-0.05, 0) is 32.6 Å². The van der Waals surface area contributed by atoms with E-state index in [-0.39, 0.29) is 0 Å². The lowest BCUT2D eigenvalue weighted by Gasteiger charge is -2.16. The van der Waals surface area contributed by atoms with Crippen LogP contribution in [0.15, 0.2) is 12.4 Å². The first-order chi connectivity index (χ1) is 8.38. The SMILES string of the molecule is CCNc1cncc(OC2CCCCCC2)n1. The molecule has 0 amide bonds. The van der Waals surface area contributed by atoms with E-state index >= 15 is 0 Å². The molecule has 1 aliphatic carbocycles. The molecule has 0 spiro atoms. The number of hydrogen-bond donors (Lipinski definition) is 1. The van der Waals surface area contributed by atoms with E-state index in [1.54, 1.807) is 12.4 Å². The molecule has 1 aliphatic rings. The van der Waals surface area contributed by atoms with Crippen molar-refractivity contribution in [3.8, 4) is 5.88 Å². The highest BCUT2D eigenvalue weighted by Crippen LogP contribution is 2.21. The van der Waals surface area contributed by atoms with E-state index < -0.39 is 0 Å². The molecule has 0 aliphatic heterocycles. The van der Waals surface area contributed by atoms with Gasteiger partial charge < -0.3 is 10.1 Å². The molecule has 1 N–H and O–H groups in total. The minimum absolute atomic E-state index is 0.323. The third kappa shape index (κ3) is 3.88. The van der Waals surface area contributed by atoms with Crippen molar-refractivity contribution in [2.75, 3.05) is 11.9 Å². The molecule has 17 heavy (non-hydrogen) atoms. The Balaban J connectivity index is 1.94. The first-order valence-electron chi connectivity index (χ1n) is 6.61. The van der Waals surface area contributed by atoms with Gasteiger partial charge in [0.2, 0.25) is 5.88 Å². The molecule has 0 radical (unpaired) electrons. The average Bonchev–Trinajstić information content (AvgIpc) is 2.59. The van der Waals surface area contributed by atoms with Crippen molar-refractivity contribution >= 4 is 5.82 Å². The van der Waals surface area contributed by atoms with Gasteiger partial charge in [0.1, 0.15) is 11.9 Å². The fourth-order valence-electron chi connectivity index (χ4n) is 2.20. The third-order valence-electron chi connectivity index (χ3n) is 3.06. The predicted octanol–water partition coefficient (Wildman–Crippen LogP) is 3.01. The summed E-state index contributed by atoms with van der Waals surface area (Å²) in [4.78, 5) is 8.53. The zero-order valence-corrected chi connectivity index (χ0v) is 10.5. The Morgan fingerprint density at radius 2 is 2.00 bits per heavy atom. The zero-order valence-electron chi connectivity index (χ0n) is 10.5. The van der Waals surface area contributed by atoms with Crippen LogP contribution in [0.3, 0.4) is 0 Å². The van der Waals surface area contributed by atoms with Crippen LogP contribution in [0.4, 0.5) is 5.82 Å². The Morgan fingerprint density at radius 1 is 1.24 bits per heavy atom. The van der Waals surface area contributed by atoms with Gasteiger partial charge >= 0.3 is 0 Å². The lowest BCUT2D eigenvalue weighted by Crippen LogP contribution is -2.16. The van der Waals surface area contributed by atoms with E-state index in [0.29, 0.717) is 12.0 Å². The van der Waals surface area contributed by atoms with Crippen LogP contribution in [-0.4, -0.2) is 22.6 Å². The molecule has 4 nitrogen and oxygen atoms in total. The summed E-state index contributed by atoms with van der Waals surface area (Å²) >= 11 is 0.